The Morgan fingerprint density at radius 2 is 2.18 bits per heavy atom. The van der Waals surface area contributed by atoms with Crippen LogP contribution in [0.15, 0.2) is 22.6 Å². The molecule has 90 valence electrons. The van der Waals surface area contributed by atoms with Crippen molar-refractivity contribution in [2.75, 3.05) is 7.11 Å². The first-order valence-electron chi connectivity index (χ1n) is 5.05. The van der Waals surface area contributed by atoms with Gasteiger partial charge in [-0.25, -0.2) is 4.39 Å². The summed E-state index contributed by atoms with van der Waals surface area (Å²) < 4.78 is 24.0. The van der Waals surface area contributed by atoms with E-state index in [9.17, 15) is 4.39 Å². The molecule has 1 unspecified atom stereocenters. The fourth-order valence-electron chi connectivity index (χ4n) is 1.40. The fourth-order valence-corrected chi connectivity index (χ4v) is 1.40. The van der Waals surface area contributed by atoms with E-state index in [0.717, 1.165) is 0 Å². The van der Waals surface area contributed by atoms with E-state index in [1.165, 1.54) is 13.2 Å². The van der Waals surface area contributed by atoms with Crippen LogP contribution < -0.4 is 10.5 Å². The third-order valence-corrected chi connectivity index (χ3v) is 2.24. The summed E-state index contributed by atoms with van der Waals surface area (Å²) in [4.78, 5) is 0. The van der Waals surface area contributed by atoms with Crippen LogP contribution in [0.1, 0.15) is 18.9 Å². The molecule has 2 N–H and O–H groups in total. The molecule has 17 heavy (non-hydrogen) atoms. The lowest BCUT2D eigenvalue weighted by Crippen LogP contribution is -2.04. The minimum atomic E-state index is -0.482. The van der Waals surface area contributed by atoms with Crippen molar-refractivity contribution in [3.8, 4) is 17.2 Å². The number of benzene rings is 1. The molecule has 0 fully saturated rings. The predicted molar refractivity (Wildman–Crippen MR) is 58.8 cm³/mol. The molecule has 0 saturated heterocycles. The van der Waals surface area contributed by atoms with Crippen molar-refractivity contribution in [1.29, 1.82) is 0 Å². The van der Waals surface area contributed by atoms with Gasteiger partial charge in [-0.1, -0.05) is 6.07 Å². The molecule has 1 aromatic heterocycles. The van der Waals surface area contributed by atoms with Crippen molar-refractivity contribution >= 4 is 0 Å². The Labute approximate surface area is 97.4 Å². The quantitative estimate of drug-likeness (QED) is 0.882. The third-order valence-electron chi connectivity index (χ3n) is 2.24. The third kappa shape index (κ3) is 2.12. The number of ether oxygens (including phenoxy) is 1. The molecule has 1 atom stereocenters. The van der Waals surface area contributed by atoms with Gasteiger partial charge in [-0.3, -0.25) is 0 Å². The summed E-state index contributed by atoms with van der Waals surface area (Å²) in [5.74, 6) is 0.173. The number of hydrogen-bond acceptors (Lipinski definition) is 5. The molecular formula is C11H12FN3O2. The van der Waals surface area contributed by atoms with E-state index in [4.69, 9.17) is 14.9 Å². The van der Waals surface area contributed by atoms with E-state index < -0.39 is 11.9 Å². The molecule has 2 aromatic rings. The fraction of sp³-hybridized carbons (Fsp3) is 0.273. The van der Waals surface area contributed by atoms with Crippen molar-refractivity contribution in [2.45, 2.75) is 13.0 Å². The molecule has 0 spiro atoms. The van der Waals surface area contributed by atoms with Crippen molar-refractivity contribution < 1.29 is 13.5 Å². The van der Waals surface area contributed by atoms with Gasteiger partial charge >= 0.3 is 0 Å². The highest BCUT2D eigenvalue weighted by molar-refractivity contribution is 5.63. The number of rotatable bonds is 3. The van der Waals surface area contributed by atoms with Crippen molar-refractivity contribution in [3.63, 3.8) is 0 Å². The SMILES string of the molecule is COc1cccc(F)c1-c1nnc(C(C)N)o1. The van der Waals surface area contributed by atoms with Gasteiger partial charge in [-0.05, 0) is 19.1 Å². The maximum absolute atomic E-state index is 13.7. The highest BCUT2D eigenvalue weighted by atomic mass is 19.1. The standard InChI is InChI=1S/C11H12FN3O2/c1-6(13)10-14-15-11(17-10)9-7(12)4-3-5-8(9)16-2/h3-6H,13H2,1-2H3. The van der Waals surface area contributed by atoms with E-state index in [1.54, 1.807) is 19.1 Å². The molecule has 0 aliphatic rings. The Hall–Kier alpha value is -1.95. The molecule has 0 radical (unpaired) electrons. The highest BCUT2D eigenvalue weighted by Gasteiger charge is 2.19. The summed E-state index contributed by atoms with van der Waals surface area (Å²) in [5.41, 5.74) is 5.74. The van der Waals surface area contributed by atoms with Gasteiger partial charge in [0.2, 0.25) is 5.89 Å². The number of aromatic nitrogens is 2. The monoisotopic (exact) mass is 237 g/mol. The number of methoxy groups -OCH3 is 1. The smallest absolute Gasteiger partial charge is 0.254 e. The number of nitrogens with zero attached hydrogens (tertiary/aromatic N) is 2. The van der Waals surface area contributed by atoms with Gasteiger partial charge in [0.25, 0.3) is 5.89 Å². The van der Waals surface area contributed by atoms with E-state index in [1.807, 2.05) is 0 Å². The van der Waals surface area contributed by atoms with Crippen LogP contribution in [0.4, 0.5) is 4.39 Å². The predicted octanol–water partition coefficient (Wildman–Crippen LogP) is 1.90. The topological polar surface area (TPSA) is 74.2 Å². The first-order valence-corrected chi connectivity index (χ1v) is 5.05. The van der Waals surface area contributed by atoms with Crippen LogP contribution in [0.25, 0.3) is 11.5 Å². The Kier molecular flexibility index (Phi) is 3.06. The Morgan fingerprint density at radius 3 is 2.76 bits per heavy atom. The molecule has 6 heteroatoms. The molecule has 1 aromatic carbocycles. The van der Waals surface area contributed by atoms with Crippen molar-refractivity contribution in [2.24, 2.45) is 5.73 Å². The average Bonchev–Trinajstić information content (AvgIpc) is 2.77. The zero-order chi connectivity index (χ0) is 12.4. The van der Waals surface area contributed by atoms with E-state index in [0.29, 0.717) is 5.75 Å². The molecule has 0 aliphatic carbocycles. The lowest BCUT2D eigenvalue weighted by atomic mass is 10.2. The summed E-state index contributed by atoms with van der Waals surface area (Å²) in [6.45, 7) is 1.70. The van der Waals surface area contributed by atoms with Gasteiger partial charge in [0.1, 0.15) is 17.1 Å². The van der Waals surface area contributed by atoms with E-state index >= 15 is 0 Å². The van der Waals surface area contributed by atoms with Crippen molar-refractivity contribution in [3.05, 3.63) is 29.9 Å². The minimum Gasteiger partial charge on any atom is -0.496 e. The van der Waals surface area contributed by atoms with Gasteiger partial charge in [0.05, 0.1) is 13.2 Å². The van der Waals surface area contributed by atoms with Gasteiger partial charge in [0.15, 0.2) is 0 Å². The maximum Gasteiger partial charge on any atom is 0.254 e. The molecule has 0 saturated carbocycles. The summed E-state index contributed by atoms with van der Waals surface area (Å²) in [7, 11) is 1.45. The van der Waals surface area contributed by atoms with E-state index in [2.05, 4.69) is 10.2 Å². The molecule has 1 heterocycles. The molecule has 5 nitrogen and oxygen atoms in total. The Morgan fingerprint density at radius 1 is 1.41 bits per heavy atom. The van der Waals surface area contributed by atoms with Crippen molar-refractivity contribution in [1.82, 2.24) is 10.2 Å². The normalized spacial score (nSPS) is 12.5. The zero-order valence-electron chi connectivity index (χ0n) is 9.48. The molecule has 0 amide bonds. The second-order valence-corrected chi connectivity index (χ2v) is 3.55. The second kappa shape index (κ2) is 4.50. The Bertz CT molecular complexity index is 525. The minimum absolute atomic E-state index is 0.0623. The average molecular weight is 237 g/mol. The summed E-state index contributed by atoms with van der Waals surface area (Å²) in [6.07, 6.45) is 0. The zero-order valence-corrected chi connectivity index (χ0v) is 9.48. The second-order valence-electron chi connectivity index (χ2n) is 3.55. The number of nitrogens with two attached hydrogens (primary N) is 1. The maximum atomic E-state index is 13.7. The van der Waals surface area contributed by atoms with Gasteiger partial charge in [0, 0.05) is 0 Å². The summed E-state index contributed by atoms with van der Waals surface area (Å²) in [5, 5.41) is 7.51. The number of hydrogen-bond donors (Lipinski definition) is 1. The van der Waals surface area contributed by atoms with Crippen LogP contribution in [0.2, 0.25) is 0 Å². The molecule has 2 rings (SSSR count). The van der Waals surface area contributed by atoms with E-state index in [-0.39, 0.29) is 17.3 Å². The van der Waals surface area contributed by atoms with Gasteiger partial charge in [-0.2, -0.15) is 0 Å². The van der Waals surface area contributed by atoms with Crippen LogP contribution in [0.5, 0.6) is 5.75 Å². The van der Waals surface area contributed by atoms with Crippen LogP contribution in [0, 0.1) is 5.82 Å². The van der Waals surface area contributed by atoms with Crippen LogP contribution in [-0.2, 0) is 0 Å². The summed E-state index contributed by atoms with van der Waals surface area (Å²) in [6, 6.07) is 4.07. The molecule has 0 bridgehead atoms. The molecular weight excluding hydrogens is 225 g/mol. The number of halogens is 1. The largest absolute Gasteiger partial charge is 0.496 e. The van der Waals surface area contributed by atoms with Crippen LogP contribution in [0.3, 0.4) is 0 Å². The Balaban J connectivity index is 2.51. The van der Waals surface area contributed by atoms with Crippen LogP contribution in [-0.4, -0.2) is 17.3 Å². The van der Waals surface area contributed by atoms with Crippen LogP contribution >= 0.6 is 0 Å². The summed E-state index contributed by atoms with van der Waals surface area (Å²) >= 11 is 0. The first-order chi connectivity index (χ1) is 8.13. The van der Waals surface area contributed by atoms with Gasteiger partial charge < -0.3 is 14.9 Å². The first kappa shape index (κ1) is 11.5. The highest BCUT2D eigenvalue weighted by Crippen LogP contribution is 2.31. The lowest BCUT2D eigenvalue weighted by Gasteiger charge is -2.05. The molecule has 0 aliphatic heterocycles. The van der Waals surface area contributed by atoms with Gasteiger partial charge in [-0.15, -0.1) is 10.2 Å². The lowest BCUT2D eigenvalue weighted by molar-refractivity contribution is 0.408.